The first kappa shape index (κ1) is 21.9. The molecule has 0 bridgehead atoms. The molecule has 1 unspecified atom stereocenters. The lowest BCUT2D eigenvalue weighted by Gasteiger charge is -2.31. The zero-order valence-electron chi connectivity index (χ0n) is 18.2. The van der Waals surface area contributed by atoms with Crippen molar-refractivity contribution in [2.75, 3.05) is 12.4 Å². The van der Waals surface area contributed by atoms with Crippen molar-refractivity contribution in [3.63, 3.8) is 0 Å². The van der Waals surface area contributed by atoms with E-state index >= 15 is 0 Å². The topological polar surface area (TPSA) is 58.6 Å². The number of hydrogen-bond donors (Lipinski definition) is 1. The minimum absolute atomic E-state index is 0.0462. The molecule has 1 fully saturated rings. The molecule has 1 aliphatic rings. The van der Waals surface area contributed by atoms with Gasteiger partial charge in [0.05, 0.1) is 17.4 Å². The van der Waals surface area contributed by atoms with Gasteiger partial charge in [-0.15, -0.1) is 0 Å². The predicted octanol–water partition coefficient (Wildman–Crippen LogP) is 5.52. The molecule has 0 radical (unpaired) electrons. The number of carbonyl (C=O) groups excluding carboxylic acids is 2. The van der Waals surface area contributed by atoms with Gasteiger partial charge in [0.1, 0.15) is 5.75 Å². The third-order valence-corrected chi connectivity index (χ3v) is 5.88. The van der Waals surface area contributed by atoms with E-state index in [2.05, 4.69) is 12.2 Å². The molecule has 0 spiro atoms. The van der Waals surface area contributed by atoms with Crippen LogP contribution in [0.4, 0.5) is 5.69 Å². The van der Waals surface area contributed by atoms with Crippen LogP contribution in [0.5, 0.6) is 5.75 Å². The Morgan fingerprint density at radius 2 is 1.73 bits per heavy atom. The predicted molar refractivity (Wildman–Crippen MR) is 120 cm³/mol. The molecule has 2 amide bonds. The summed E-state index contributed by atoms with van der Waals surface area (Å²) in [6.07, 6.45) is 6.71. The SMILES string of the molecule is CCC(C)Oc1ccc(C(=O)Nc2ccccc2C(=O)N(C)C2CCCCC2)cc1. The second-order valence-electron chi connectivity index (χ2n) is 8.07. The molecule has 0 aliphatic heterocycles. The van der Waals surface area contributed by atoms with Crippen molar-refractivity contribution < 1.29 is 14.3 Å². The van der Waals surface area contributed by atoms with Crippen molar-refractivity contribution in [1.82, 2.24) is 4.90 Å². The summed E-state index contributed by atoms with van der Waals surface area (Å²) in [5, 5.41) is 2.91. The summed E-state index contributed by atoms with van der Waals surface area (Å²) in [7, 11) is 1.87. The quantitative estimate of drug-likeness (QED) is 0.656. The Balaban J connectivity index is 1.71. The summed E-state index contributed by atoms with van der Waals surface area (Å²) in [4.78, 5) is 27.7. The molecule has 5 nitrogen and oxygen atoms in total. The van der Waals surface area contributed by atoms with Gasteiger partial charge in [0.25, 0.3) is 11.8 Å². The Morgan fingerprint density at radius 1 is 1.07 bits per heavy atom. The first-order valence-corrected chi connectivity index (χ1v) is 10.9. The maximum Gasteiger partial charge on any atom is 0.255 e. The van der Waals surface area contributed by atoms with Gasteiger partial charge in [0.15, 0.2) is 0 Å². The van der Waals surface area contributed by atoms with Crippen LogP contribution in [-0.4, -0.2) is 35.9 Å². The minimum atomic E-state index is -0.245. The van der Waals surface area contributed by atoms with E-state index in [0.717, 1.165) is 37.9 Å². The number of carbonyl (C=O) groups is 2. The van der Waals surface area contributed by atoms with Crippen molar-refractivity contribution in [1.29, 1.82) is 0 Å². The van der Waals surface area contributed by atoms with Crippen LogP contribution in [0.15, 0.2) is 48.5 Å². The van der Waals surface area contributed by atoms with E-state index < -0.39 is 0 Å². The van der Waals surface area contributed by atoms with Gasteiger partial charge in [-0.05, 0) is 62.6 Å². The molecule has 0 saturated heterocycles. The van der Waals surface area contributed by atoms with Crippen LogP contribution in [0.3, 0.4) is 0 Å². The standard InChI is InChI=1S/C25H32N2O3/c1-4-18(2)30-21-16-14-19(15-17-21)24(28)26-23-13-9-8-12-22(23)25(29)27(3)20-10-6-5-7-11-20/h8-9,12-18,20H,4-7,10-11H2,1-3H3,(H,26,28). The number of anilines is 1. The number of rotatable bonds is 7. The Morgan fingerprint density at radius 3 is 2.40 bits per heavy atom. The van der Waals surface area contributed by atoms with Gasteiger partial charge in [-0.3, -0.25) is 9.59 Å². The van der Waals surface area contributed by atoms with Crippen molar-refractivity contribution in [3.05, 3.63) is 59.7 Å². The summed E-state index contributed by atoms with van der Waals surface area (Å²) >= 11 is 0. The second-order valence-corrected chi connectivity index (χ2v) is 8.07. The van der Waals surface area contributed by atoms with Gasteiger partial charge in [-0.1, -0.05) is 38.3 Å². The fourth-order valence-electron chi connectivity index (χ4n) is 3.80. The van der Waals surface area contributed by atoms with Crippen molar-refractivity contribution in [2.45, 2.75) is 64.5 Å². The lowest BCUT2D eigenvalue weighted by Crippen LogP contribution is -2.38. The Bertz CT molecular complexity index is 857. The van der Waals surface area contributed by atoms with Crippen LogP contribution in [0.1, 0.15) is 73.1 Å². The average Bonchev–Trinajstić information content (AvgIpc) is 2.79. The number of nitrogens with one attached hydrogen (secondary N) is 1. The summed E-state index contributed by atoms with van der Waals surface area (Å²) in [5.41, 5.74) is 1.58. The van der Waals surface area contributed by atoms with E-state index in [9.17, 15) is 9.59 Å². The molecule has 2 aromatic carbocycles. The third kappa shape index (κ3) is 5.41. The molecule has 0 aromatic heterocycles. The van der Waals surface area contributed by atoms with Crippen molar-refractivity contribution in [3.8, 4) is 5.75 Å². The van der Waals surface area contributed by atoms with Crippen molar-refractivity contribution in [2.24, 2.45) is 0 Å². The van der Waals surface area contributed by atoms with Gasteiger partial charge < -0.3 is 15.0 Å². The maximum absolute atomic E-state index is 13.1. The normalized spacial score (nSPS) is 15.3. The summed E-state index contributed by atoms with van der Waals surface area (Å²) in [6, 6.07) is 14.6. The summed E-state index contributed by atoms with van der Waals surface area (Å²) in [5.74, 6) is 0.450. The molecule has 2 aromatic rings. The second kappa shape index (κ2) is 10.3. The van der Waals surface area contributed by atoms with E-state index in [0.29, 0.717) is 16.8 Å². The third-order valence-electron chi connectivity index (χ3n) is 5.88. The molecule has 5 heteroatoms. The minimum Gasteiger partial charge on any atom is -0.491 e. The molecule has 30 heavy (non-hydrogen) atoms. The molecule has 3 rings (SSSR count). The molecule has 0 heterocycles. The lowest BCUT2D eigenvalue weighted by molar-refractivity contribution is 0.0697. The van der Waals surface area contributed by atoms with Crippen LogP contribution in [0, 0.1) is 0 Å². The first-order valence-electron chi connectivity index (χ1n) is 10.9. The summed E-state index contributed by atoms with van der Waals surface area (Å²) in [6.45, 7) is 4.08. The molecule has 1 atom stereocenters. The number of para-hydroxylation sites is 1. The van der Waals surface area contributed by atoms with Crippen LogP contribution in [0.2, 0.25) is 0 Å². The van der Waals surface area contributed by atoms with Crippen molar-refractivity contribution >= 4 is 17.5 Å². The fraction of sp³-hybridized carbons (Fsp3) is 0.440. The monoisotopic (exact) mass is 408 g/mol. The van der Waals surface area contributed by atoms with Gasteiger partial charge in [0.2, 0.25) is 0 Å². The highest BCUT2D eigenvalue weighted by Gasteiger charge is 2.25. The van der Waals surface area contributed by atoms with E-state index in [1.165, 1.54) is 6.42 Å². The zero-order chi connectivity index (χ0) is 21.5. The maximum atomic E-state index is 13.1. The van der Waals surface area contributed by atoms with Gasteiger partial charge in [-0.25, -0.2) is 0 Å². The van der Waals surface area contributed by atoms with Gasteiger partial charge in [-0.2, -0.15) is 0 Å². The zero-order valence-corrected chi connectivity index (χ0v) is 18.2. The Kier molecular flexibility index (Phi) is 7.50. The van der Waals surface area contributed by atoms with E-state index in [1.807, 2.05) is 31.0 Å². The average molecular weight is 409 g/mol. The first-order chi connectivity index (χ1) is 14.5. The molecule has 160 valence electrons. The van der Waals surface area contributed by atoms with Crippen LogP contribution in [0.25, 0.3) is 0 Å². The number of ether oxygens (including phenoxy) is 1. The number of benzene rings is 2. The number of nitrogens with zero attached hydrogens (tertiary/aromatic N) is 1. The molecular formula is C25H32N2O3. The van der Waals surface area contributed by atoms with Crippen LogP contribution in [-0.2, 0) is 0 Å². The fourth-order valence-corrected chi connectivity index (χ4v) is 3.80. The highest BCUT2D eigenvalue weighted by Crippen LogP contribution is 2.25. The van der Waals surface area contributed by atoms with E-state index in [-0.39, 0.29) is 24.0 Å². The summed E-state index contributed by atoms with van der Waals surface area (Å²) < 4.78 is 5.77. The van der Waals surface area contributed by atoms with E-state index in [1.54, 1.807) is 36.4 Å². The smallest absolute Gasteiger partial charge is 0.255 e. The highest BCUT2D eigenvalue weighted by atomic mass is 16.5. The molecule has 1 N–H and O–H groups in total. The lowest BCUT2D eigenvalue weighted by atomic mass is 9.94. The van der Waals surface area contributed by atoms with Crippen LogP contribution >= 0.6 is 0 Å². The molecule has 1 saturated carbocycles. The van der Waals surface area contributed by atoms with Gasteiger partial charge in [0, 0.05) is 18.7 Å². The molecular weight excluding hydrogens is 376 g/mol. The number of amides is 2. The van der Waals surface area contributed by atoms with Crippen LogP contribution < -0.4 is 10.1 Å². The van der Waals surface area contributed by atoms with E-state index in [4.69, 9.17) is 4.74 Å². The Hall–Kier alpha value is -2.82. The molecule has 1 aliphatic carbocycles. The highest BCUT2D eigenvalue weighted by molar-refractivity contribution is 6.09. The Labute approximate surface area is 179 Å². The largest absolute Gasteiger partial charge is 0.491 e. The van der Waals surface area contributed by atoms with Gasteiger partial charge >= 0.3 is 0 Å². The number of hydrogen-bond acceptors (Lipinski definition) is 3.